The van der Waals surface area contributed by atoms with Gasteiger partial charge in [0.2, 0.25) is 0 Å². The number of likely N-dealkylation sites (tertiary alicyclic amines) is 1. The molecular weight excluding hydrogens is 164 g/mol. The number of piperidine rings is 1. The van der Waals surface area contributed by atoms with Gasteiger partial charge in [0.05, 0.1) is 6.10 Å². The molecular formula is C10H20N2O. The van der Waals surface area contributed by atoms with E-state index in [0.717, 1.165) is 25.9 Å². The lowest BCUT2D eigenvalue weighted by molar-refractivity contribution is 0.0771. The molecule has 0 aromatic heterocycles. The van der Waals surface area contributed by atoms with E-state index in [4.69, 9.17) is 5.73 Å². The summed E-state index contributed by atoms with van der Waals surface area (Å²) < 4.78 is 0. The first-order valence-corrected chi connectivity index (χ1v) is 5.26. The van der Waals surface area contributed by atoms with Crippen molar-refractivity contribution in [3.05, 3.63) is 0 Å². The van der Waals surface area contributed by atoms with E-state index in [0.29, 0.717) is 0 Å². The number of nitrogens with zero attached hydrogens (tertiary/aromatic N) is 1. The molecule has 0 amide bonds. The van der Waals surface area contributed by atoms with Crippen LogP contribution in [-0.4, -0.2) is 42.3 Å². The Kier molecular flexibility index (Phi) is 2.34. The second-order valence-electron chi connectivity index (χ2n) is 4.80. The molecule has 1 spiro atoms. The lowest BCUT2D eigenvalue weighted by Crippen LogP contribution is -2.49. The normalized spacial score (nSPS) is 39.9. The summed E-state index contributed by atoms with van der Waals surface area (Å²) in [4.78, 5) is 2.35. The van der Waals surface area contributed by atoms with E-state index in [-0.39, 0.29) is 17.6 Å². The van der Waals surface area contributed by atoms with Gasteiger partial charge in [0.1, 0.15) is 0 Å². The van der Waals surface area contributed by atoms with Gasteiger partial charge in [-0.05, 0) is 51.2 Å². The fourth-order valence-corrected chi connectivity index (χ4v) is 2.84. The highest BCUT2D eigenvalue weighted by Crippen LogP contribution is 2.45. The van der Waals surface area contributed by atoms with Gasteiger partial charge in [-0.25, -0.2) is 0 Å². The molecule has 1 saturated heterocycles. The highest BCUT2D eigenvalue weighted by atomic mass is 16.3. The van der Waals surface area contributed by atoms with Crippen LogP contribution in [-0.2, 0) is 0 Å². The molecule has 2 aliphatic rings. The van der Waals surface area contributed by atoms with Crippen LogP contribution in [0.5, 0.6) is 0 Å². The number of nitrogens with two attached hydrogens (primary N) is 1. The van der Waals surface area contributed by atoms with Crippen LogP contribution in [0.4, 0.5) is 0 Å². The minimum Gasteiger partial charge on any atom is -0.391 e. The van der Waals surface area contributed by atoms with Gasteiger partial charge >= 0.3 is 0 Å². The van der Waals surface area contributed by atoms with Crippen molar-refractivity contribution < 1.29 is 5.11 Å². The molecule has 2 rings (SSSR count). The smallest absolute Gasteiger partial charge is 0.0696 e. The Balaban J connectivity index is 2.05. The number of hydrogen-bond acceptors (Lipinski definition) is 3. The van der Waals surface area contributed by atoms with Crippen LogP contribution in [0, 0.1) is 5.41 Å². The number of aliphatic hydroxyl groups is 1. The van der Waals surface area contributed by atoms with Gasteiger partial charge in [-0.3, -0.25) is 0 Å². The first-order valence-electron chi connectivity index (χ1n) is 5.26. The lowest BCUT2D eigenvalue weighted by atomic mass is 9.74. The van der Waals surface area contributed by atoms with Crippen LogP contribution in [0.25, 0.3) is 0 Å². The van der Waals surface area contributed by atoms with Crippen LogP contribution in [0.3, 0.4) is 0 Å². The van der Waals surface area contributed by atoms with E-state index < -0.39 is 0 Å². The summed E-state index contributed by atoms with van der Waals surface area (Å²) in [6.45, 7) is 2.28. The molecule has 2 fully saturated rings. The van der Waals surface area contributed by atoms with Crippen molar-refractivity contribution in [1.29, 1.82) is 0 Å². The number of hydrogen-bond donors (Lipinski definition) is 2. The molecule has 76 valence electrons. The van der Waals surface area contributed by atoms with Gasteiger partial charge < -0.3 is 15.7 Å². The maximum atomic E-state index is 9.64. The van der Waals surface area contributed by atoms with Crippen LogP contribution in [0.2, 0.25) is 0 Å². The van der Waals surface area contributed by atoms with Gasteiger partial charge in [0.15, 0.2) is 0 Å². The minimum absolute atomic E-state index is 0.0289. The first kappa shape index (κ1) is 9.44. The molecule has 0 aromatic carbocycles. The summed E-state index contributed by atoms with van der Waals surface area (Å²) in [5.41, 5.74) is 6.33. The summed E-state index contributed by atoms with van der Waals surface area (Å²) in [6.07, 6.45) is 4.13. The van der Waals surface area contributed by atoms with Gasteiger partial charge in [0.25, 0.3) is 0 Å². The minimum atomic E-state index is -0.247. The lowest BCUT2D eigenvalue weighted by Gasteiger charge is -2.41. The van der Waals surface area contributed by atoms with Crippen LogP contribution in [0.15, 0.2) is 0 Å². The van der Waals surface area contributed by atoms with Gasteiger partial charge in [-0.2, -0.15) is 0 Å². The Morgan fingerprint density at radius 3 is 2.38 bits per heavy atom. The molecule has 0 aromatic rings. The standard InChI is InChI=1S/C10H20N2O/c1-12-6-4-10(5-7-12)3-2-8(13)9(10)11/h8-9,13H,2-7,11H2,1H3/t8?,9-/m0/s1. The first-order chi connectivity index (χ1) is 6.14. The maximum absolute atomic E-state index is 9.64. The topological polar surface area (TPSA) is 49.5 Å². The van der Waals surface area contributed by atoms with E-state index >= 15 is 0 Å². The second-order valence-corrected chi connectivity index (χ2v) is 4.80. The van der Waals surface area contributed by atoms with Crippen molar-refractivity contribution in [3.63, 3.8) is 0 Å². The third-order valence-corrected chi connectivity index (χ3v) is 4.04. The monoisotopic (exact) mass is 184 g/mol. The summed E-state index contributed by atoms with van der Waals surface area (Å²) in [6, 6.07) is 0.0289. The van der Waals surface area contributed by atoms with E-state index in [1.165, 1.54) is 12.8 Å². The zero-order valence-corrected chi connectivity index (χ0v) is 8.37. The summed E-state index contributed by atoms with van der Waals surface area (Å²) in [5, 5.41) is 9.64. The number of rotatable bonds is 0. The van der Waals surface area contributed by atoms with Crippen molar-refractivity contribution in [2.75, 3.05) is 20.1 Å². The highest BCUT2D eigenvalue weighted by Gasteiger charge is 2.46. The average Bonchev–Trinajstić information content (AvgIpc) is 2.40. The quantitative estimate of drug-likeness (QED) is 0.564. The predicted octanol–water partition coefficient (Wildman–Crippen LogP) is 0.180. The highest BCUT2D eigenvalue weighted by molar-refractivity contribution is 5.01. The molecule has 3 heteroatoms. The molecule has 3 N–H and O–H groups in total. The van der Waals surface area contributed by atoms with Crippen LogP contribution >= 0.6 is 0 Å². The van der Waals surface area contributed by atoms with Crippen molar-refractivity contribution in [2.24, 2.45) is 11.1 Å². The second kappa shape index (κ2) is 3.23. The fraction of sp³-hybridized carbons (Fsp3) is 1.00. The van der Waals surface area contributed by atoms with E-state index in [1.807, 2.05) is 0 Å². The van der Waals surface area contributed by atoms with Crippen molar-refractivity contribution in [2.45, 2.75) is 37.8 Å². The Bertz CT molecular complexity index is 187. The molecule has 1 heterocycles. The average molecular weight is 184 g/mol. The molecule has 0 bridgehead atoms. The summed E-state index contributed by atoms with van der Waals surface area (Å²) >= 11 is 0. The third kappa shape index (κ3) is 1.49. The predicted molar refractivity (Wildman–Crippen MR) is 52.4 cm³/mol. The summed E-state index contributed by atoms with van der Waals surface area (Å²) in [7, 11) is 2.16. The molecule has 1 aliphatic heterocycles. The van der Waals surface area contributed by atoms with Gasteiger partial charge in [-0.15, -0.1) is 0 Å². The Morgan fingerprint density at radius 1 is 1.31 bits per heavy atom. The van der Waals surface area contributed by atoms with Crippen molar-refractivity contribution >= 4 is 0 Å². The van der Waals surface area contributed by atoms with Crippen molar-refractivity contribution in [3.8, 4) is 0 Å². The Morgan fingerprint density at radius 2 is 1.92 bits per heavy atom. The maximum Gasteiger partial charge on any atom is 0.0696 e. The number of aliphatic hydroxyl groups excluding tert-OH is 1. The van der Waals surface area contributed by atoms with Crippen LogP contribution < -0.4 is 5.73 Å². The molecule has 2 atom stereocenters. The van der Waals surface area contributed by atoms with Gasteiger partial charge in [-0.1, -0.05) is 0 Å². The van der Waals surface area contributed by atoms with E-state index in [9.17, 15) is 5.11 Å². The SMILES string of the molecule is CN1CCC2(CCC(O)[C@@H]2N)CC1. The fourth-order valence-electron chi connectivity index (χ4n) is 2.84. The molecule has 13 heavy (non-hydrogen) atoms. The van der Waals surface area contributed by atoms with Crippen LogP contribution in [0.1, 0.15) is 25.7 Å². The van der Waals surface area contributed by atoms with E-state index in [2.05, 4.69) is 11.9 Å². The molecule has 1 aliphatic carbocycles. The van der Waals surface area contributed by atoms with Gasteiger partial charge in [0, 0.05) is 6.04 Å². The molecule has 0 radical (unpaired) electrons. The largest absolute Gasteiger partial charge is 0.391 e. The molecule has 1 unspecified atom stereocenters. The zero-order valence-electron chi connectivity index (χ0n) is 8.37. The zero-order chi connectivity index (χ0) is 9.47. The Hall–Kier alpha value is -0.120. The Labute approximate surface area is 79.9 Å². The van der Waals surface area contributed by atoms with Crippen molar-refractivity contribution in [1.82, 2.24) is 4.90 Å². The molecule has 1 saturated carbocycles. The molecule has 3 nitrogen and oxygen atoms in total. The third-order valence-electron chi connectivity index (χ3n) is 4.04. The van der Waals surface area contributed by atoms with E-state index in [1.54, 1.807) is 0 Å². The summed E-state index contributed by atoms with van der Waals surface area (Å²) in [5.74, 6) is 0.